The highest BCUT2D eigenvalue weighted by atomic mass is 32.1. The van der Waals surface area contributed by atoms with Gasteiger partial charge in [0.25, 0.3) is 0 Å². The van der Waals surface area contributed by atoms with Gasteiger partial charge in [-0.3, -0.25) is 4.79 Å². The van der Waals surface area contributed by atoms with Gasteiger partial charge in [-0.05, 0) is 25.0 Å². The van der Waals surface area contributed by atoms with E-state index in [0.29, 0.717) is 12.3 Å². The molecule has 2 aromatic rings. The quantitative estimate of drug-likeness (QED) is 0.750. The van der Waals surface area contributed by atoms with Crippen molar-refractivity contribution in [3.05, 3.63) is 46.4 Å². The normalized spacial score (nSPS) is 11.4. The zero-order valence-electron chi connectivity index (χ0n) is 12.9. The van der Waals surface area contributed by atoms with Crippen LogP contribution in [-0.4, -0.2) is 22.7 Å². The average molecular weight is 319 g/mol. The van der Waals surface area contributed by atoms with Crippen LogP contribution in [0.4, 0.5) is 0 Å². The summed E-state index contributed by atoms with van der Waals surface area (Å²) in [4.78, 5) is 15.2. The molecule has 0 radical (unpaired) electrons. The highest BCUT2D eigenvalue weighted by Crippen LogP contribution is 2.31. The molecule has 0 aliphatic carbocycles. The molecule has 1 N–H and O–H groups in total. The lowest BCUT2D eigenvalue weighted by Gasteiger charge is -2.21. The standard InChI is InChI=1S/C17H21NO3S/c1-17(2,16-18-13(12-22-16)11-15(19)20)9-6-10-21-14-7-4-3-5-8-14/h3-5,7-8,12H,6,9-11H2,1-2H3,(H,19,20). The van der Waals surface area contributed by atoms with Crippen LogP contribution in [0.15, 0.2) is 35.7 Å². The Kier molecular flexibility index (Phi) is 5.55. The number of thiazole rings is 1. The van der Waals surface area contributed by atoms with E-state index in [9.17, 15) is 4.79 Å². The molecule has 0 bridgehead atoms. The van der Waals surface area contributed by atoms with Gasteiger partial charge in [0.2, 0.25) is 0 Å². The summed E-state index contributed by atoms with van der Waals surface area (Å²) in [6, 6.07) is 9.78. The topological polar surface area (TPSA) is 59.4 Å². The lowest BCUT2D eigenvalue weighted by atomic mass is 9.89. The first kappa shape index (κ1) is 16.5. The number of hydrogen-bond donors (Lipinski definition) is 1. The van der Waals surface area contributed by atoms with Gasteiger partial charge in [0.15, 0.2) is 0 Å². The van der Waals surface area contributed by atoms with E-state index in [-0.39, 0.29) is 11.8 Å². The van der Waals surface area contributed by atoms with E-state index in [0.717, 1.165) is 23.6 Å². The molecule has 1 aromatic heterocycles. The van der Waals surface area contributed by atoms with Gasteiger partial charge in [-0.15, -0.1) is 11.3 Å². The number of para-hydroxylation sites is 1. The monoisotopic (exact) mass is 319 g/mol. The summed E-state index contributed by atoms with van der Waals surface area (Å²) in [6.07, 6.45) is 1.86. The van der Waals surface area contributed by atoms with Crippen LogP contribution in [-0.2, 0) is 16.6 Å². The minimum Gasteiger partial charge on any atom is -0.494 e. The first-order valence-electron chi connectivity index (χ1n) is 7.32. The molecule has 4 nitrogen and oxygen atoms in total. The number of rotatable bonds is 8. The van der Waals surface area contributed by atoms with Crippen LogP contribution in [0.2, 0.25) is 0 Å². The number of carbonyl (C=O) groups is 1. The molecule has 0 atom stereocenters. The van der Waals surface area contributed by atoms with E-state index >= 15 is 0 Å². The molecule has 0 saturated heterocycles. The average Bonchev–Trinajstić information content (AvgIpc) is 2.93. The fourth-order valence-corrected chi connectivity index (χ4v) is 3.16. The number of aromatic nitrogens is 1. The van der Waals surface area contributed by atoms with Gasteiger partial charge < -0.3 is 9.84 Å². The van der Waals surface area contributed by atoms with Crippen molar-refractivity contribution in [2.24, 2.45) is 0 Å². The number of ether oxygens (including phenoxy) is 1. The third-order valence-electron chi connectivity index (χ3n) is 3.42. The first-order valence-corrected chi connectivity index (χ1v) is 8.20. The van der Waals surface area contributed by atoms with Gasteiger partial charge in [-0.25, -0.2) is 4.98 Å². The number of hydrogen-bond acceptors (Lipinski definition) is 4. The van der Waals surface area contributed by atoms with Gasteiger partial charge in [0.05, 0.1) is 23.7 Å². The first-order chi connectivity index (χ1) is 10.5. The van der Waals surface area contributed by atoms with Crippen molar-refractivity contribution < 1.29 is 14.6 Å². The summed E-state index contributed by atoms with van der Waals surface area (Å²) in [6.45, 7) is 4.94. The van der Waals surface area contributed by atoms with Crippen molar-refractivity contribution in [1.82, 2.24) is 4.98 Å². The highest BCUT2D eigenvalue weighted by molar-refractivity contribution is 7.09. The second-order valence-corrected chi connectivity index (χ2v) is 6.72. The Morgan fingerprint density at radius 2 is 2.05 bits per heavy atom. The van der Waals surface area contributed by atoms with E-state index in [1.807, 2.05) is 35.7 Å². The van der Waals surface area contributed by atoms with Gasteiger partial charge in [-0.2, -0.15) is 0 Å². The molecular weight excluding hydrogens is 298 g/mol. The summed E-state index contributed by atoms with van der Waals surface area (Å²) in [5.41, 5.74) is 0.572. The van der Waals surface area contributed by atoms with Gasteiger partial charge >= 0.3 is 5.97 Å². The Labute approximate surface area is 134 Å². The molecule has 1 heterocycles. The maximum absolute atomic E-state index is 10.7. The lowest BCUT2D eigenvalue weighted by molar-refractivity contribution is -0.136. The van der Waals surface area contributed by atoms with Crippen LogP contribution < -0.4 is 4.74 Å². The molecule has 0 aliphatic rings. The van der Waals surface area contributed by atoms with Crippen LogP contribution in [0.1, 0.15) is 37.4 Å². The second kappa shape index (κ2) is 7.40. The molecule has 1 aromatic carbocycles. The Morgan fingerprint density at radius 3 is 2.73 bits per heavy atom. The third-order valence-corrected chi connectivity index (χ3v) is 4.68. The molecular formula is C17H21NO3S. The molecule has 0 saturated carbocycles. The fourth-order valence-electron chi connectivity index (χ4n) is 2.18. The zero-order valence-corrected chi connectivity index (χ0v) is 13.7. The molecule has 5 heteroatoms. The molecule has 0 spiro atoms. The van der Waals surface area contributed by atoms with Crippen molar-refractivity contribution in [1.29, 1.82) is 0 Å². The summed E-state index contributed by atoms with van der Waals surface area (Å²) in [5, 5.41) is 11.6. The van der Waals surface area contributed by atoms with Crippen molar-refractivity contribution >= 4 is 17.3 Å². The van der Waals surface area contributed by atoms with Crippen LogP contribution in [0, 0.1) is 0 Å². The summed E-state index contributed by atoms with van der Waals surface area (Å²) in [5.74, 6) is 0.0456. The van der Waals surface area contributed by atoms with Crippen molar-refractivity contribution in [3.63, 3.8) is 0 Å². The Balaban J connectivity index is 1.82. The SMILES string of the molecule is CC(C)(CCCOc1ccccc1)c1nc(CC(=O)O)cs1. The van der Waals surface area contributed by atoms with Crippen LogP contribution in [0.25, 0.3) is 0 Å². The summed E-state index contributed by atoms with van der Waals surface area (Å²) in [7, 11) is 0. The second-order valence-electron chi connectivity index (χ2n) is 5.86. The van der Waals surface area contributed by atoms with Crippen LogP contribution >= 0.6 is 11.3 Å². The highest BCUT2D eigenvalue weighted by Gasteiger charge is 2.24. The fraction of sp³-hybridized carbons (Fsp3) is 0.412. The van der Waals surface area contributed by atoms with Gasteiger partial charge in [-0.1, -0.05) is 32.0 Å². The van der Waals surface area contributed by atoms with Crippen molar-refractivity contribution in [3.8, 4) is 5.75 Å². The van der Waals surface area contributed by atoms with Gasteiger partial charge in [0, 0.05) is 10.8 Å². The van der Waals surface area contributed by atoms with E-state index in [1.165, 1.54) is 11.3 Å². The predicted octanol–water partition coefficient (Wildman–Crippen LogP) is 3.91. The predicted molar refractivity (Wildman–Crippen MR) is 87.7 cm³/mol. The Morgan fingerprint density at radius 1 is 1.32 bits per heavy atom. The number of aliphatic carboxylic acids is 1. The molecule has 0 aliphatic heterocycles. The Bertz CT molecular complexity index is 607. The van der Waals surface area contributed by atoms with Crippen molar-refractivity contribution in [2.75, 3.05) is 6.61 Å². The van der Waals surface area contributed by atoms with Crippen molar-refractivity contribution in [2.45, 2.75) is 38.5 Å². The number of nitrogens with zero attached hydrogens (tertiary/aromatic N) is 1. The summed E-state index contributed by atoms with van der Waals surface area (Å²) >= 11 is 1.54. The molecule has 0 unspecified atom stereocenters. The minimum absolute atomic E-state index is 0.0102. The minimum atomic E-state index is -0.842. The van der Waals surface area contributed by atoms with Gasteiger partial charge in [0.1, 0.15) is 5.75 Å². The van der Waals surface area contributed by atoms with Crippen LogP contribution in [0.3, 0.4) is 0 Å². The van der Waals surface area contributed by atoms with Crippen LogP contribution in [0.5, 0.6) is 5.75 Å². The van der Waals surface area contributed by atoms with E-state index in [2.05, 4.69) is 18.8 Å². The molecule has 0 amide bonds. The molecule has 22 heavy (non-hydrogen) atoms. The lowest BCUT2D eigenvalue weighted by Crippen LogP contribution is -2.18. The van der Waals surface area contributed by atoms with E-state index in [4.69, 9.17) is 9.84 Å². The Hall–Kier alpha value is -1.88. The molecule has 2 rings (SSSR count). The number of carboxylic acids is 1. The molecule has 0 fully saturated rings. The maximum Gasteiger partial charge on any atom is 0.309 e. The van der Waals surface area contributed by atoms with E-state index < -0.39 is 5.97 Å². The maximum atomic E-state index is 10.7. The summed E-state index contributed by atoms with van der Waals surface area (Å²) < 4.78 is 5.70. The largest absolute Gasteiger partial charge is 0.494 e. The zero-order chi connectivity index (χ0) is 16.0. The van der Waals surface area contributed by atoms with E-state index in [1.54, 1.807) is 0 Å². The number of benzene rings is 1. The smallest absolute Gasteiger partial charge is 0.309 e. The third kappa shape index (κ3) is 4.84. The molecule has 118 valence electrons. The number of carboxylic acid groups (broad SMARTS) is 1.